The van der Waals surface area contributed by atoms with Crippen molar-refractivity contribution in [3.05, 3.63) is 48.2 Å². The highest BCUT2D eigenvalue weighted by atomic mass is 16.5. The van der Waals surface area contributed by atoms with Crippen molar-refractivity contribution in [2.24, 2.45) is 0 Å². The molecule has 1 aliphatic heterocycles. The molecule has 2 aromatic rings. The third kappa shape index (κ3) is 3.91. The summed E-state index contributed by atoms with van der Waals surface area (Å²) in [7, 11) is 1.61. The first-order valence-corrected chi connectivity index (χ1v) is 8.28. The zero-order valence-corrected chi connectivity index (χ0v) is 14.8. The van der Waals surface area contributed by atoms with Crippen LogP contribution in [0.3, 0.4) is 0 Å². The number of benzene rings is 1. The number of amides is 1. The normalized spacial score (nSPS) is 16.4. The second-order valence-electron chi connectivity index (χ2n) is 6.56. The van der Waals surface area contributed by atoms with Gasteiger partial charge in [-0.3, -0.25) is 4.79 Å². The van der Waals surface area contributed by atoms with Crippen molar-refractivity contribution in [3.8, 4) is 5.75 Å². The Morgan fingerprint density at radius 2 is 2.08 bits per heavy atom. The molecule has 0 unspecified atom stereocenters. The number of hydrogen-bond acceptors (Lipinski definition) is 5. The van der Waals surface area contributed by atoms with E-state index in [4.69, 9.17) is 9.47 Å². The van der Waals surface area contributed by atoms with Crippen molar-refractivity contribution >= 4 is 17.4 Å². The van der Waals surface area contributed by atoms with Gasteiger partial charge in [0, 0.05) is 19.3 Å². The van der Waals surface area contributed by atoms with Crippen molar-refractivity contribution in [1.29, 1.82) is 0 Å². The van der Waals surface area contributed by atoms with Gasteiger partial charge in [0.1, 0.15) is 11.6 Å². The largest absolute Gasteiger partial charge is 0.495 e. The van der Waals surface area contributed by atoms with Gasteiger partial charge in [-0.25, -0.2) is 4.98 Å². The van der Waals surface area contributed by atoms with E-state index in [1.807, 2.05) is 43.0 Å². The van der Waals surface area contributed by atoms with Crippen molar-refractivity contribution in [2.75, 3.05) is 32.1 Å². The third-order valence-corrected chi connectivity index (χ3v) is 4.11. The number of aromatic nitrogens is 1. The fourth-order valence-corrected chi connectivity index (χ4v) is 2.91. The van der Waals surface area contributed by atoms with E-state index in [-0.39, 0.29) is 11.5 Å². The number of nitrogens with zero attached hydrogens (tertiary/aromatic N) is 2. The molecule has 0 aliphatic carbocycles. The number of pyridine rings is 1. The summed E-state index contributed by atoms with van der Waals surface area (Å²) in [6, 6.07) is 11.1. The Hall–Kier alpha value is -2.60. The summed E-state index contributed by atoms with van der Waals surface area (Å²) >= 11 is 0. The van der Waals surface area contributed by atoms with Crippen LogP contribution in [0.25, 0.3) is 0 Å². The lowest BCUT2D eigenvalue weighted by Crippen LogP contribution is -2.50. The Labute approximate surface area is 147 Å². The number of carbonyl (C=O) groups is 1. The highest BCUT2D eigenvalue weighted by molar-refractivity contribution is 5.99. The van der Waals surface area contributed by atoms with E-state index >= 15 is 0 Å². The van der Waals surface area contributed by atoms with Gasteiger partial charge in [-0.05, 0) is 38.1 Å². The molecule has 1 N–H and O–H groups in total. The molecular formula is C19H23N3O3. The average molecular weight is 341 g/mol. The maximum Gasteiger partial charge on any atom is 0.257 e. The Kier molecular flexibility index (Phi) is 4.90. The molecule has 132 valence electrons. The number of hydrogen-bond donors (Lipinski definition) is 1. The minimum absolute atomic E-state index is 0.0538. The van der Waals surface area contributed by atoms with Crippen LogP contribution in [0.4, 0.5) is 11.5 Å². The first-order valence-electron chi connectivity index (χ1n) is 8.28. The SMILES string of the molecule is COc1ccccc1Nc1ncccc1C(=O)N1CCOC(C)(C)C1. The first kappa shape index (κ1) is 17.2. The van der Waals surface area contributed by atoms with Crippen LogP contribution in [0.15, 0.2) is 42.6 Å². The van der Waals surface area contributed by atoms with Gasteiger partial charge >= 0.3 is 0 Å². The van der Waals surface area contributed by atoms with Crippen LogP contribution < -0.4 is 10.1 Å². The number of nitrogens with one attached hydrogen (secondary N) is 1. The molecule has 0 spiro atoms. The fraction of sp³-hybridized carbons (Fsp3) is 0.368. The number of ether oxygens (including phenoxy) is 2. The summed E-state index contributed by atoms with van der Waals surface area (Å²) < 4.78 is 11.1. The van der Waals surface area contributed by atoms with Gasteiger partial charge in [-0.1, -0.05) is 12.1 Å². The van der Waals surface area contributed by atoms with Gasteiger partial charge in [0.15, 0.2) is 0 Å². The molecule has 0 saturated carbocycles. The maximum atomic E-state index is 13.0. The van der Waals surface area contributed by atoms with Crippen LogP contribution in [-0.4, -0.2) is 48.2 Å². The number of carbonyl (C=O) groups excluding carboxylic acids is 1. The zero-order valence-electron chi connectivity index (χ0n) is 14.8. The van der Waals surface area contributed by atoms with Crippen molar-refractivity contribution in [1.82, 2.24) is 9.88 Å². The Bertz CT molecular complexity index is 761. The quantitative estimate of drug-likeness (QED) is 0.926. The number of morpholine rings is 1. The second kappa shape index (κ2) is 7.11. The maximum absolute atomic E-state index is 13.0. The lowest BCUT2D eigenvalue weighted by atomic mass is 10.1. The Balaban J connectivity index is 1.87. The van der Waals surface area contributed by atoms with Gasteiger partial charge in [0.2, 0.25) is 0 Å². The summed E-state index contributed by atoms with van der Waals surface area (Å²) in [6.45, 7) is 5.64. The molecule has 1 aromatic carbocycles. The van der Waals surface area contributed by atoms with Gasteiger partial charge < -0.3 is 19.7 Å². The van der Waals surface area contributed by atoms with Crippen molar-refractivity contribution < 1.29 is 14.3 Å². The van der Waals surface area contributed by atoms with Crippen LogP contribution in [0.5, 0.6) is 5.75 Å². The Morgan fingerprint density at radius 3 is 2.84 bits per heavy atom. The smallest absolute Gasteiger partial charge is 0.257 e. The number of methoxy groups -OCH3 is 1. The number of para-hydroxylation sites is 2. The fourth-order valence-electron chi connectivity index (χ4n) is 2.91. The van der Waals surface area contributed by atoms with Crippen LogP contribution in [0.2, 0.25) is 0 Å². The second-order valence-corrected chi connectivity index (χ2v) is 6.56. The van der Waals surface area contributed by atoms with Gasteiger partial charge in [0.25, 0.3) is 5.91 Å². The van der Waals surface area contributed by atoms with E-state index in [1.54, 1.807) is 25.4 Å². The average Bonchev–Trinajstić information content (AvgIpc) is 2.61. The van der Waals surface area contributed by atoms with E-state index in [9.17, 15) is 4.79 Å². The minimum atomic E-state index is -0.341. The lowest BCUT2D eigenvalue weighted by Gasteiger charge is -2.38. The van der Waals surface area contributed by atoms with Crippen molar-refractivity contribution in [3.63, 3.8) is 0 Å². The zero-order chi connectivity index (χ0) is 17.9. The summed E-state index contributed by atoms with van der Waals surface area (Å²) in [5, 5.41) is 3.22. The lowest BCUT2D eigenvalue weighted by molar-refractivity contribution is -0.0763. The van der Waals surface area contributed by atoms with Crippen LogP contribution in [0.1, 0.15) is 24.2 Å². The molecule has 25 heavy (non-hydrogen) atoms. The third-order valence-electron chi connectivity index (χ3n) is 4.11. The number of anilines is 2. The molecule has 6 heteroatoms. The van der Waals surface area contributed by atoms with Gasteiger partial charge in [-0.2, -0.15) is 0 Å². The molecule has 6 nitrogen and oxygen atoms in total. The molecule has 0 atom stereocenters. The monoisotopic (exact) mass is 341 g/mol. The van der Waals surface area contributed by atoms with E-state index in [0.717, 1.165) is 5.69 Å². The minimum Gasteiger partial charge on any atom is -0.495 e. The first-order chi connectivity index (χ1) is 12.0. The van der Waals surface area contributed by atoms with Crippen LogP contribution >= 0.6 is 0 Å². The van der Waals surface area contributed by atoms with Crippen LogP contribution in [-0.2, 0) is 4.74 Å². The van der Waals surface area contributed by atoms with E-state index in [2.05, 4.69) is 10.3 Å². The molecule has 2 heterocycles. The van der Waals surface area contributed by atoms with E-state index in [0.29, 0.717) is 36.8 Å². The molecular weight excluding hydrogens is 318 g/mol. The number of rotatable bonds is 4. The molecule has 1 amide bonds. The highest BCUT2D eigenvalue weighted by Gasteiger charge is 2.31. The van der Waals surface area contributed by atoms with Crippen molar-refractivity contribution in [2.45, 2.75) is 19.4 Å². The molecule has 0 radical (unpaired) electrons. The van der Waals surface area contributed by atoms with E-state index in [1.165, 1.54) is 0 Å². The summed E-state index contributed by atoms with van der Waals surface area (Å²) in [4.78, 5) is 19.2. The van der Waals surface area contributed by atoms with E-state index < -0.39 is 0 Å². The summed E-state index contributed by atoms with van der Waals surface area (Å²) in [5.74, 6) is 1.15. The standard InChI is InChI=1S/C19H23N3O3/c1-19(2)13-22(11-12-25-19)18(23)14-7-6-10-20-17(14)21-15-8-4-5-9-16(15)24-3/h4-10H,11-13H2,1-3H3,(H,20,21). The Morgan fingerprint density at radius 1 is 1.28 bits per heavy atom. The molecule has 3 rings (SSSR count). The summed E-state index contributed by atoms with van der Waals surface area (Å²) in [5.41, 5.74) is 0.956. The summed E-state index contributed by atoms with van der Waals surface area (Å²) in [6.07, 6.45) is 1.66. The predicted molar refractivity (Wildman–Crippen MR) is 96.4 cm³/mol. The molecule has 1 aromatic heterocycles. The molecule has 1 aliphatic rings. The van der Waals surface area contributed by atoms with Gasteiger partial charge in [-0.15, -0.1) is 0 Å². The van der Waals surface area contributed by atoms with Gasteiger partial charge in [0.05, 0.1) is 30.6 Å². The molecule has 1 saturated heterocycles. The predicted octanol–water partition coefficient (Wildman–Crippen LogP) is 3.08. The highest BCUT2D eigenvalue weighted by Crippen LogP contribution is 2.28. The topological polar surface area (TPSA) is 63.7 Å². The molecule has 0 bridgehead atoms. The molecule has 1 fully saturated rings. The van der Waals surface area contributed by atoms with Crippen LogP contribution in [0, 0.1) is 0 Å².